The summed E-state index contributed by atoms with van der Waals surface area (Å²) in [5, 5.41) is 3.59. The maximum atomic E-state index is 4.16. The first-order valence-corrected chi connectivity index (χ1v) is 6.23. The molecule has 0 amide bonds. The van der Waals surface area contributed by atoms with E-state index in [1.807, 2.05) is 18.5 Å². The summed E-state index contributed by atoms with van der Waals surface area (Å²) in [7, 11) is 0. The number of nitrogens with one attached hydrogen (secondary N) is 1. The first kappa shape index (κ1) is 11.6. The lowest BCUT2D eigenvalue weighted by Gasteiger charge is -2.33. The number of piperazine rings is 1. The molecule has 0 radical (unpaired) electrons. The minimum atomic E-state index is 0.587. The molecule has 2 rings (SSSR count). The van der Waals surface area contributed by atoms with Gasteiger partial charge in [0.05, 0.1) is 0 Å². The van der Waals surface area contributed by atoms with Crippen molar-refractivity contribution >= 4 is 0 Å². The lowest BCUT2D eigenvalue weighted by molar-refractivity contribution is 0.199. The van der Waals surface area contributed by atoms with Gasteiger partial charge in [0.2, 0.25) is 0 Å². The number of nitrogens with zero attached hydrogens (tertiary/aromatic N) is 2. The zero-order valence-electron chi connectivity index (χ0n) is 10.0. The van der Waals surface area contributed by atoms with E-state index in [0.29, 0.717) is 6.04 Å². The molecule has 1 unspecified atom stereocenters. The molecule has 1 aliphatic heterocycles. The zero-order valence-corrected chi connectivity index (χ0v) is 10.0. The van der Waals surface area contributed by atoms with Gasteiger partial charge in [-0.2, -0.15) is 0 Å². The van der Waals surface area contributed by atoms with Gasteiger partial charge in [-0.3, -0.25) is 4.98 Å². The molecule has 0 aromatic carbocycles. The Labute approximate surface area is 97.9 Å². The van der Waals surface area contributed by atoms with Crippen molar-refractivity contribution < 1.29 is 0 Å². The smallest absolute Gasteiger partial charge is 0.0300 e. The molecule has 1 saturated heterocycles. The fraction of sp³-hybridized carbons (Fsp3) is 0.615. The van der Waals surface area contributed by atoms with Gasteiger partial charge in [0.1, 0.15) is 0 Å². The van der Waals surface area contributed by atoms with Gasteiger partial charge in [-0.15, -0.1) is 0 Å². The molecule has 2 heterocycles. The van der Waals surface area contributed by atoms with Gasteiger partial charge in [-0.25, -0.2) is 0 Å². The quantitative estimate of drug-likeness (QED) is 0.827. The number of pyridine rings is 1. The summed E-state index contributed by atoms with van der Waals surface area (Å²) in [4.78, 5) is 6.72. The molecule has 0 spiro atoms. The summed E-state index contributed by atoms with van der Waals surface area (Å²) in [6.45, 7) is 6.95. The van der Waals surface area contributed by atoms with Crippen molar-refractivity contribution in [2.24, 2.45) is 0 Å². The molecule has 3 heteroatoms. The van der Waals surface area contributed by atoms with E-state index in [0.717, 1.165) is 13.0 Å². The van der Waals surface area contributed by atoms with Crippen LogP contribution in [0.25, 0.3) is 0 Å². The van der Waals surface area contributed by atoms with Crippen LogP contribution in [0.1, 0.15) is 18.9 Å². The molecule has 1 aliphatic rings. The Bertz CT molecular complexity index is 297. The molecule has 1 N–H and O–H groups in total. The van der Waals surface area contributed by atoms with Crippen molar-refractivity contribution in [2.45, 2.75) is 25.8 Å². The summed E-state index contributed by atoms with van der Waals surface area (Å²) in [5.41, 5.74) is 1.33. The van der Waals surface area contributed by atoms with E-state index in [4.69, 9.17) is 0 Å². The van der Waals surface area contributed by atoms with Crippen LogP contribution in [0, 0.1) is 0 Å². The lowest BCUT2D eigenvalue weighted by atomic mass is 10.1. The van der Waals surface area contributed by atoms with Crippen LogP contribution in [0.15, 0.2) is 24.5 Å². The second-order valence-corrected chi connectivity index (χ2v) is 4.52. The number of aromatic nitrogens is 1. The molecule has 1 fully saturated rings. The largest absolute Gasteiger partial charge is 0.311 e. The van der Waals surface area contributed by atoms with Crippen LogP contribution in [0.4, 0.5) is 0 Å². The Balaban J connectivity index is 1.85. The van der Waals surface area contributed by atoms with Crippen molar-refractivity contribution in [3.63, 3.8) is 0 Å². The Kier molecular flexibility index (Phi) is 4.31. The van der Waals surface area contributed by atoms with E-state index >= 15 is 0 Å². The van der Waals surface area contributed by atoms with Gasteiger partial charge in [0, 0.05) is 38.1 Å². The van der Waals surface area contributed by atoms with Crippen molar-refractivity contribution in [3.8, 4) is 0 Å². The fourth-order valence-electron chi connectivity index (χ4n) is 2.35. The summed E-state index contributed by atoms with van der Waals surface area (Å²) < 4.78 is 0. The Morgan fingerprint density at radius 2 is 2.50 bits per heavy atom. The monoisotopic (exact) mass is 219 g/mol. The van der Waals surface area contributed by atoms with E-state index < -0.39 is 0 Å². The second kappa shape index (κ2) is 5.97. The highest BCUT2D eigenvalue weighted by molar-refractivity contribution is 5.10. The third-order valence-corrected chi connectivity index (χ3v) is 3.08. The number of hydrogen-bond acceptors (Lipinski definition) is 3. The van der Waals surface area contributed by atoms with Gasteiger partial charge in [-0.05, 0) is 31.0 Å². The van der Waals surface area contributed by atoms with E-state index in [-0.39, 0.29) is 0 Å². The molecule has 0 bridgehead atoms. The molecule has 88 valence electrons. The van der Waals surface area contributed by atoms with Gasteiger partial charge in [-0.1, -0.05) is 13.0 Å². The van der Waals surface area contributed by atoms with Gasteiger partial charge in [0.25, 0.3) is 0 Å². The fourth-order valence-corrected chi connectivity index (χ4v) is 2.35. The molecule has 1 atom stereocenters. The summed E-state index contributed by atoms with van der Waals surface area (Å²) in [6, 6.07) is 4.76. The molecule has 0 saturated carbocycles. The Hall–Kier alpha value is -0.930. The third kappa shape index (κ3) is 3.29. The molecule has 16 heavy (non-hydrogen) atoms. The minimum absolute atomic E-state index is 0.587. The summed E-state index contributed by atoms with van der Waals surface area (Å²) >= 11 is 0. The maximum absolute atomic E-state index is 4.16. The predicted octanol–water partition coefficient (Wildman–Crippen LogP) is 1.31. The Morgan fingerprint density at radius 3 is 3.25 bits per heavy atom. The first-order chi connectivity index (χ1) is 7.88. The van der Waals surface area contributed by atoms with E-state index in [9.17, 15) is 0 Å². The third-order valence-electron chi connectivity index (χ3n) is 3.08. The molecule has 1 aromatic rings. The summed E-state index contributed by atoms with van der Waals surface area (Å²) in [6.07, 6.45) is 6.15. The van der Waals surface area contributed by atoms with Crippen LogP contribution in [0.5, 0.6) is 0 Å². The van der Waals surface area contributed by atoms with E-state index in [1.54, 1.807) is 0 Å². The minimum Gasteiger partial charge on any atom is -0.311 e. The molecular formula is C13H21N3. The van der Waals surface area contributed by atoms with Gasteiger partial charge in [0.15, 0.2) is 0 Å². The standard InChI is InChI=1S/C13H21N3/c1-2-7-16-8-6-15-13(11-16)9-12-4-3-5-14-10-12/h3-5,10,13,15H,2,6-9,11H2,1H3. The molecule has 0 aliphatic carbocycles. The highest BCUT2D eigenvalue weighted by Gasteiger charge is 2.18. The average Bonchev–Trinajstić information content (AvgIpc) is 2.31. The second-order valence-electron chi connectivity index (χ2n) is 4.52. The van der Waals surface area contributed by atoms with Crippen LogP contribution < -0.4 is 5.32 Å². The highest BCUT2D eigenvalue weighted by atomic mass is 15.2. The van der Waals surface area contributed by atoms with Crippen LogP contribution in [0.2, 0.25) is 0 Å². The van der Waals surface area contributed by atoms with Crippen LogP contribution >= 0.6 is 0 Å². The molecular weight excluding hydrogens is 198 g/mol. The predicted molar refractivity (Wildman–Crippen MR) is 66.5 cm³/mol. The average molecular weight is 219 g/mol. The molecule has 1 aromatic heterocycles. The normalized spacial score (nSPS) is 22.2. The van der Waals surface area contributed by atoms with Crippen LogP contribution in [0.3, 0.4) is 0 Å². The van der Waals surface area contributed by atoms with E-state index in [1.165, 1.54) is 31.6 Å². The number of hydrogen-bond donors (Lipinski definition) is 1. The molecule has 3 nitrogen and oxygen atoms in total. The lowest BCUT2D eigenvalue weighted by Crippen LogP contribution is -2.51. The topological polar surface area (TPSA) is 28.2 Å². The van der Waals surface area contributed by atoms with Gasteiger partial charge >= 0.3 is 0 Å². The SMILES string of the molecule is CCCN1CCNC(Cc2cccnc2)C1. The van der Waals surface area contributed by atoms with Crippen molar-refractivity contribution in [2.75, 3.05) is 26.2 Å². The highest BCUT2D eigenvalue weighted by Crippen LogP contribution is 2.06. The van der Waals surface area contributed by atoms with E-state index in [2.05, 4.69) is 28.2 Å². The summed E-state index contributed by atoms with van der Waals surface area (Å²) in [5.74, 6) is 0. The van der Waals surface area contributed by atoms with Crippen LogP contribution in [-0.4, -0.2) is 42.1 Å². The van der Waals surface area contributed by atoms with Crippen molar-refractivity contribution in [3.05, 3.63) is 30.1 Å². The first-order valence-electron chi connectivity index (χ1n) is 6.23. The maximum Gasteiger partial charge on any atom is 0.0300 e. The van der Waals surface area contributed by atoms with Gasteiger partial charge < -0.3 is 10.2 Å². The number of rotatable bonds is 4. The van der Waals surface area contributed by atoms with Crippen molar-refractivity contribution in [1.29, 1.82) is 0 Å². The van der Waals surface area contributed by atoms with Crippen molar-refractivity contribution in [1.82, 2.24) is 15.2 Å². The zero-order chi connectivity index (χ0) is 11.2. The Morgan fingerprint density at radius 1 is 1.56 bits per heavy atom. The van der Waals surface area contributed by atoms with Crippen LogP contribution in [-0.2, 0) is 6.42 Å².